The Morgan fingerprint density at radius 3 is 2.66 bits per heavy atom. The molecule has 10 nitrogen and oxygen atoms in total. The van der Waals surface area contributed by atoms with Crippen LogP contribution < -0.4 is 22.2 Å². The maximum atomic E-state index is 12.6. The highest BCUT2D eigenvalue weighted by Crippen LogP contribution is 2.18. The van der Waals surface area contributed by atoms with Crippen LogP contribution in [0.1, 0.15) is 21.7 Å². The number of benzene rings is 1. The lowest BCUT2D eigenvalue weighted by molar-refractivity contribution is 0.0946. The molecule has 10 heteroatoms. The highest BCUT2D eigenvalue weighted by atomic mass is 16.4. The Hall–Kier alpha value is -3.95. The first-order valence-corrected chi connectivity index (χ1v) is 8.75. The van der Waals surface area contributed by atoms with Crippen LogP contribution in [0.2, 0.25) is 0 Å². The number of rotatable bonds is 3. The Morgan fingerprint density at radius 2 is 1.90 bits per heavy atom. The smallest absolute Gasteiger partial charge is 0.349 e. The van der Waals surface area contributed by atoms with E-state index >= 15 is 0 Å². The fourth-order valence-corrected chi connectivity index (χ4v) is 3.28. The van der Waals surface area contributed by atoms with Gasteiger partial charge in [-0.25, -0.2) is 14.6 Å². The molecule has 148 valence electrons. The molecule has 0 unspecified atom stereocenters. The topological polar surface area (TPSA) is 132 Å². The Labute approximate surface area is 162 Å². The van der Waals surface area contributed by atoms with Crippen molar-refractivity contribution in [3.8, 4) is 0 Å². The Balaban J connectivity index is 1.68. The number of aryl methyl sites for hydroxylation is 2. The molecule has 4 rings (SSSR count). The monoisotopic (exact) mass is 395 g/mol. The first-order chi connectivity index (χ1) is 13.8. The molecular weight excluding hydrogens is 378 g/mol. The van der Waals surface area contributed by atoms with Gasteiger partial charge in [-0.15, -0.1) is 0 Å². The van der Waals surface area contributed by atoms with Gasteiger partial charge < -0.3 is 14.7 Å². The van der Waals surface area contributed by atoms with Crippen LogP contribution in [0.25, 0.3) is 22.1 Å². The molecule has 0 radical (unpaired) electrons. The SMILES string of the molecule is Cc1c(C(=O)NCc2nc3c([nH]2)c(=O)n(C)c(=O)n3C)c(=O)oc2ccccc12. The van der Waals surface area contributed by atoms with Crippen LogP contribution in [0.5, 0.6) is 0 Å². The number of para-hydroxylation sites is 1. The number of hydrogen-bond donors (Lipinski definition) is 2. The normalized spacial score (nSPS) is 11.3. The van der Waals surface area contributed by atoms with Crippen molar-refractivity contribution in [2.75, 3.05) is 0 Å². The summed E-state index contributed by atoms with van der Waals surface area (Å²) in [5, 5.41) is 3.27. The first kappa shape index (κ1) is 18.4. The number of H-pyrrole nitrogens is 1. The van der Waals surface area contributed by atoms with Gasteiger partial charge in [0.2, 0.25) is 0 Å². The van der Waals surface area contributed by atoms with Gasteiger partial charge in [0, 0.05) is 19.5 Å². The standard InChI is InChI=1S/C19H17N5O5/c1-9-10-6-4-5-7-11(10)29-18(27)13(9)16(25)20-8-12-21-14-15(22-12)23(2)19(28)24(3)17(14)26/h4-7H,8H2,1-3H3,(H,20,25)(H,21,22). The maximum absolute atomic E-state index is 12.6. The van der Waals surface area contributed by atoms with Gasteiger partial charge in [0.1, 0.15) is 22.5 Å². The molecule has 3 aromatic heterocycles. The largest absolute Gasteiger partial charge is 0.422 e. The summed E-state index contributed by atoms with van der Waals surface area (Å²) in [6.07, 6.45) is 0. The van der Waals surface area contributed by atoms with Crippen LogP contribution in [0, 0.1) is 6.92 Å². The molecule has 0 aliphatic carbocycles. The number of nitrogens with one attached hydrogen (secondary N) is 2. The highest BCUT2D eigenvalue weighted by Gasteiger charge is 2.19. The van der Waals surface area contributed by atoms with Gasteiger partial charge in [-0.2, -0.15) is 0 Å². The van der Waals surface area contributed by atoms with Crippen LogP contribution in [0.15, 0.2) is 43.1 Å². The van der Waals surface area contributed by atoms with Crippen molar-refractivity contribution in [2.45, 2.75) is 13.5 Å². The fourth-order valence-electron chi connectivity index (χ4n) is 3.28. The minimum Gasteiger partial charge on any atom is -0.422 e. The molecule has 29 heavy (non-hydrogen) atoms. The lowest BCUT2D eigenvalue weighted by Crippen LogP contribution is -2.36. The summed E-state index contributed by atoms with van der Waals surface area (Å²) in [7, 11) is 2.87. The molecule has 0 atom stereocenters. The summed E-state index contributed by atoms with van der Waals surface area (Å²) in [6, 6.07) is 6.95. The molecule has 0 fully saturated rings. The Morgan fingerprint density at radius 1 is 1.17 bits per heavy atom. The zero-order valence-electron chi connectivity index (χ0n) is 15.9. The van der Waals surface area contributed by atoms with Gasteiger partial charge in [0.05, 0.1) is 6.54 Å². The zero-order valence-corrected chi connectivity index (χ0v) is 15.9. The number of imidazole rings is 1. The van der Waals surface area contributed by atoms with Crippen LogP contribution in [0.4, 0.5) is 0 Å². The molecule has 0 saturated carbocycles. The maximum Gasteiger partial charge on any atom is 0.349 e. The van der Waals surface area contributed by atoms with Crippen molar-refractivity contribution in [1.29, 1.82) is 0 Å². The summed E-state index contributed by atoms with van der Waals surface area (Å²) in [6.45, 7) is 1.60. The summed E-state index contributed by atoms with van der Waals surface area (Å²) < 4.78 is 7.43. The molecule has 3 heterocycles. The van der Waals surface area contributed by atoms with E-state index in [1.807, 2.05) is 0 Å². The van der Waals surface area contributed by atoms with Crippen molar-refractivity contribution in [3.05, 3.63) is 72.5 Å². The predicted octanol–water partition coefficient (Wildman–Crippen LogP) is 0.305. The lowest BCUT2D eigenvalue weighted by atomic mass is 10.1. The van der Waals surface area contributed by atoms with E-state index in [-0.39, 0.29) is 29.1 Å². The molecule has 0 bridgehead atoms. The van der Waals surface area contributed by atoms with E-state index in [1.54, 1.807) is 31.2 Å². The van der Waals surface area contributed by atoms with Crippen LogP contribution >= 0.6 is 0 Å². The van der Waals surface area contributed by atoms with Gasteiger partial charge in [-0.05, 0) is 18.6 Å². The quantitative estimate of drug-likeness (QED) is 0.480. The van der Waals surface area contributed by atoms with Crippen molar-refractivity contribution in [1.82, 2.24) is 24.4 Å². The van der Waals surface area contributed by atoms with Crippen molar-refractivity contribution in [3.63, 3.8) is 0 Å². The number of aromatic nitrogens is 4. The second-order valence-corrected chi connectivity index (χ2v) is 6.66. The molecule has 1 aromatic carbocycles. The van der Waals surface area contributed by atoms with Gasteiger partial charge >= 0.3 is 11.3 Å². The van der Waals surface area contributed by atoms with E-state index in [0.717, 1.165) is 4.57 Å². The second-order valence-electron chi connectivity index (χ2n) is 6.66. The van der Waals surface area contributed by atoms with E-state index in [1.165, 1.54) is 18.7 Å². The molecule has 0 saturated heterocycles. The van der Waals surface area contributed by atoms with Crippen LogP contribution in [0.3, 0.4) is 0 Å². The Kier molecular flexibility index (Phi) is 4.18. The minimum absolute atomic E-state index is 0.0729. The average Bonchev–Trinajstić information content (AvgIpc) is 3.14. The molecular formula is C19H17N5O5. The van der Waals surface area contributed by atoms with E-state index in [0.29, 0.717) is 16.5 Å². The van der Waals surface area contributed by atoms with E-state index in [9.17, 15) is 19.2 Å². The number of amides is 1. The third-order valence-corrected chi connectivity index (χ3v) is 4.86. The van der Waals surface area contributed by atoms with Gasteiger partial charge in [0.25, 0.3) is 11.5 Å². The van der Waals surface area contributed by atoms with Crippen molar-refractivity contribution >= 4 is 28.0 Å². The van der Waals surface area contributed by atoms with Gasteiger partial charge in [-0.1, -0.05) is 18.2 Å². The number of nitrogens with zero attached hydrogens (tertiary/aromatic N) is 3. The third kappa shape index (κ3) is 2.85. The molecule has 4 aromatic rings. The summed E-state index contributed by atoms with van der Waals surface area (Å²) in [5.74, 6) is -0.348. The number of hydrogen-bond acceptors (Lipinski definition) is 6. The first-order valence-electron chi connectivity index (χ1n) is 8.75. The lowest BCUT2D eigenvalue weighted by Gasteiger charge is -2.07. The summed E-state index contributed by atoms with van der Waals surface area (Å²) in [5.41, 5.74) is -0.601. The van der Waals surface area contributed by atoms with E-state index in [4.69, 9.17) is 4.42 Å². The predicted molar refractivity (Wildman–Crippen MR) is 105 cm³/mol. The van der Waals surface area contributed by atoms with Gasteiger partial charge in [0.15, 0.2) is 5.65 Å². The summed E-state index contributed by atoms with van der Waals surface area (Å²) in [4.78, 5) is 56.2. The van der Waals surface area contributed by atoms with Crippen LogP contribution in [-0.4, -0.2) is 25.0 Å². The van der Waals surface area contributed by atoms with Crippen LogP contribution in [-0.2, 0) is 20.6 Å². The molecule has 2 N–H and O–H groups in total. The second kappa shape index (κ2) is 6.59. The number of carbonyl (C=O) groups excluding carboxylic acids is 1. The third-order valence-electron chi connectivity index (χ3n) is 4.86. The van der Waals surface area contributed by atoms with E-state index < -0.39 is 22.8 Å². The molecule has 0 aliphatic rings. The summed E-state index contributed by atoms with van der Waals surface area (Å²) >= 11 is 0. The fraction of sp³-hybridized carbons (Fsp3) is 0.211. The zero-order chi connectivity index (χ0) is 20.9. The minimum atomic E-state index is -0.737. The van der Waals surface area contributed by atoms with Crippen molar-refractivity contribution in [2.24, 2.45) is 14.1 Å². The molecule has 1 amide bonds. The highest BCUT2D eigenvalue weighted by molar-refractivity contribution is 5.99. The number of fused-ring (bicyclic) bond motifs is 2. The number of aromatic amines is 1. The number of carbonyl (C=O) groups is 1. The van der Waals surface area contributed by atoms with E-state index in [2.05, 4.69) is 15.3 Å². The Bertz CT molecular complexity index is 1470. The van der Waals surface area contributed by atoms with Crippen molar-refractivity contribution < 1.29 is 9.21 Å². The average molecular weight is 395 g/mol. The molecule has 0 aliphatic heterocycles. The molecule has 0 spiro atoms. The van der Waals surface area contributed by atoms with Gasteiger partial charge in [-0.3, -0.25) is 18.7 Å².